The van der Waals surface area contributed by atoms with Gasteiger partial charge in [0, 0.05) is 12.3 Å². The van der Waals surface area contributed by atoms with Crippen LogP contribution in [0, 0.1) is 50.7 Å². The summed E-state index contributed by atoms with van der Waals surface area (Å²) in [6, 6.07) is 0. The van der Waals surface area contributed by atoms with Gasteiger partial charge in [-0.05, 0) is 89.8 Å². The molecular weight excluding hydrogens is 500 g/mol. The summed E-state index contributed by atoms with van der Waals surface area (Å²) >= 11 is 0. The standard InChI is InChI=1S/C31H48O8/c1-15-10-21(34)38-18-12-29(5)19-11-16(32)25-27(2,3)20(39-26-24(36)23(35)17(33)13-37-26)6-7-31(25)14-30(19,31)9-8-28(29,4)22(15)18/h15-20,22-26,32-33,35-36H,6-14H2,1-5H3/t15-,16+,17-,18+,19+,20+,22+,23+,24-,25-,26+,28-,29+,30+,31-/m1/s1. The fraction of sp³-hybridized carbons (Fsp3) is 0.968. The minimum atomic E-state index is -1.31. The molecule has 8 heteroatoms. The van der Waals surface area contributed by atoms with Gasteiger partial charge in [0.05, 0.1) is 18.8 Å². The van der Waals surface area contributed by atoms with Crippen LogP contribution in [0.2, 0.25) is 0 Å². The molecule has 4 N–H and O–H groups in total. The minimum absolute atomic E-state index is 0.00710. The zero-order valence-electron chi connectivity index (χ0n) is 24.1. The topological polar surface area (TPSA) is 126 Å². The van der Waals surface area contributed by atoms with E-state index in [9.17, 15) is 25.2 Å². The zero-order chi connectivity index (χ0) is 27.9. The second kappa shape index (κ2) is 8.19. The van der Waals surface area contributed by atoms with Crippen LogP contribution in [0.1, 0.15) is 86.0 Å². The van der Waals surface area contributed by atoms with Crippen molar-refractivity contribution in [3.8, 4) is 0 Å². The van der Waals surface area contributed by atoms with Crippen molar-refractivity contribution in [2.45, 2.75) is 129 Å². The van der Waals surface area contributed by atoms with Gasteiger partial charge in [0.1, 0.15) is 24.4 Å². The number of hydrogen-bond donors (Lipinski definition) is 4. The monoisotopic (exact) mass is 548 g/mol. The fourth-order valence-corrected chi connectivity index (χ4v) is 12.5. The van der Waals surface area contributed by atoms with Crippen molar-refractivity contribution in [2.24, 2.45) is 50.7 Å². The third-order valence-corrected chi connectivity index (χ3v) is 14.2. The highest BCUT2D eigenvalue weighted by atomic mass is 16.7. The number of esters is 1. The van der Waals surface area contributed by atoms with E-state index in [2.05, 4.69) is 34.6 Å². The molecule has 2 aliphatic heterocycles. The molecule has 7 rings (SSSR count). The second-order valence-electron chi connectivity index (χ2n) is 15.8. The highest BCUT2D eigenvalue weighted by Gasteiger charge is 2.84. The Morgan fingerprint density at radius 3 is 2.41 bits per heavy atom. The van der Waals surface area contributed by atoms with Crippen molar-refractivity contribution in [2.75, 3.05) is 6.61 Å². The van der Waals surface area contributed by atoms with Crippen LogP contribution in [0.3, 0.4) is 0 Å². The smallest absolute Gasteiger partial charge is 0.306 e. The van der Waals surface area contributed by atoms with Crippen LogP contribution in [-0.2, 0) is 19.0 Å². The molecule has 8 nitrogen and oxygen atoms in total. The number of hydrogen-bond acceptors (Lipinski definition) is 8. The molecule has 0 aromatic rings. The van der Waals surface area contributed by atoms with Gasteiger partial charge in [-0.15, -0.1) is 0 Å². The van der Waals surface area contributed by atoms with E-state index in [4.69, 9.17) is 14.2 Å². The molecule has 2 heterocycles. The first-order valence-electron chi connectivity index (χ1n) is 15.4. The number of ether oxygens (including phenoxy) is 3. The first-order chi connectivity index (χ1) is 18.2. The predicted octanol–water partition coefficient (Wildman–Crippen LogP) is 2.78. The fourth-order valence-electron chi connectivity index (χ4n) is 12.5. The van der Waals surface area contributed by atoms with Crippen LogP contribution < -0.4 is 0 Å². The summed E-state index contributed by atoms with van der Waals surface area (Å²) in [6.07, 6.45) is 1.99. The summed E-state index contributed by atoms with van der Waals surface area (Å²) in [5.74, 6) is 1.14. The highest BCUT2D eigenvalue weighted by molar-refractivity contribution is 5.71. The summed E-state index contributed by atoms with van der Waals surface area (Å²) in [6.45, 7) is 11.5. The van der Waals surface area contributed by atoms with Crippen molar-refractivity contribution in [1.82, 2.24) is 0 Å². The SMILES string of the molecule is C[C@@H]1CC(=O)O[C@H]2C[C@@]3(C)[C@@H]4C[C@H](O)[C@@H]5C(C)(C)[C@@H](O[C@@H]6OC[C@@H](O)[C@H](O)[C@H]6O)CC[C@@]56C[C@@]46CC[C@]3(C)[C@@H]12. The Morgan fingerprint density at radius 1 is 0.923 bits per heavy atom. The van der Waals surface area contributed by atoms with Crippen LogP contribution in [-0.4, -0.2) is 75.9 Å². The minimum Gasteiger partial charge on any atom is -0.462 e. The van der Waals surface area contributed by atoms with Crippen molar-refractivity contribution >= 4 is 5.97 Å². The van der Waals surface area contributed by atoms with Crippen molar-refractivity contribution in [3.63, 3.8) is 0 Å². The number of carbonyl (C=O) groups excluding carboxylic acids is 1. The largest absolute Gasteiger partial charge is 0.462 e. The number of carbonyl (C=O) groups is 1. The third-order valence-electron chi connectivity index (χ3n) is 14.2. The van der Waals surface area contributed by atoms with Gasteiger partial charge in [0.25, 0.3) is 0 Å². The lowest BCUT2D eigenvalue weighted by Crippen LogP contribution is -2.63. The number of aliphatic hydroxyl groups is 4. The molecule has 5 aliphatic carbocycles. The number of fused-ring (bicyclic) bond motifs is 4. The molecule has 0 aromatic heterocycles. The molecule has 5 saturated carbocycles. The summed E-state index contributed by atoms with van der Waals surface area (Å²) in [5.41, 5.74) is 0.0326. The maximum absolute atomic E-state index is 12.4. The Labute approximate surface area is 231 Å². The van der Waals surface area contributed by atoms with Crippen molar-refractivity contribution < 1.29 is 39.4 Å². The molecule has 7 aliphatic rings. The first kappa shape index (κ1) is 27.1. The molecule has 2 saturated heterocycles. The van der Waals surface area contributed by atoms with E-state index in [1.807, 2.05) is 0 Å². The molecule has 0 amide bonds. The first-order valence-corrected chi connectivity index (χ1v) is 15.4. The van der Waals surface area contributed by atoms with Gasteiger partial charge in [-0.3, -0.25) is 4.79 Å². The summed E-state index contributed by atoms with van der Waals surface area (Å²) in [7, 11) is 0. The van der Waals surface area contributed by atoms with Crippen LogP contribution >= 0.6 is 0 Å². The van der Waals surface area contributed by atoms with Crippen LogP contribution in [0.25, 0.3) is 0 Å². The molecule has 0 bridgehead atoms. The Kier molecular flexibility index (Phi) is 5.69. The lowest BCUT2D eigenvalue weighted by atomic mass is 9.41. The Hall–Kier alpha value is -0.770. The summed E-state index contributed by atoms with van der Waals surface area (Å²) in [4.78, 5) is 12.4. The maximum Gasteiger partial charge on any atom is 0.306 e. The molecular formula is C31H48O8. The summed E-state index contributed by atoms with van der Waals surface area (Å²) in [5, 5.41) is 42.6. The quantitative estimate of drug-likeness (QED) is 0.307. The Morgan fingerprint density at radius 2 is 1.67 bits per heavy atom. The lowest BCUT2D eigenvalue weighted by molar-refractivity contribution is -0.306. The van der Waals surface area contributed by atoms with E-state index in [1.165, 1.54) is 6.42 Å². The molecule has 0 radical (unpaired) electrons. The van der Waals surface area contributed by atoms with E-state index < -0.39 is 30.7 Å². The average Bonchev–Trinajstić information content (AvgIpc) is 3.42. The van der Waals surface area contributed by atoms with Gasteiger partial charge in [0.2, 0.25) is 0 Å². The molecule has 0 unspecified atom stereocenters. The number of aliphatic hydroxyl groups excluding tert-OH is 4. The van der Waals surface area contributed by atoms with Crippen LogP contribution in [0.15, 0.2) is 0 Å². The average molecular weight is 549 g/mol. The highest BCUT2D eigenvalue weighted by Crippen LogP contribution is 2.89. The molecule has 220 valence electrons. The summed E-state index contributed by atoms with van der Waals surface area (Å²) < 4.78 is 18.0. The van der Waals surface area contributed by atoms with E-state index in [-0.39, 0.29) is 57.8 Å². The van der Waals surface area contributed by atoms with Gasteiger partial charge < -0.3 is 34.6 Å². The third kappa shape index (κ3) is 3.20. The van der Waals surface area contributed by atoms with Crippen LogP contribution in [0.5, 0.6) is 0 Å². The van der Waals surface area contributed by atoms with E-state index in [0.717, 1.165) is 38.5 Å². The van der Waals surface area contributed by atoms with Gasteiger partial charge >= 0.3 is 5.97 Å². The molecule has 15 atom stereocenters. The van der Waals surface area contributed by atoms with Crippen molar-refractivity contribution in [1.29, 1.82) is 0 Å². The van der Waals surface area contributed by atoms with Gasteiger partial charge in [-0.1, -0.05) is 34.6 Å². The molecule has 0 aromatic carbocycles. The van der Waals surface area contributed by atoms with Gasteiger partial charge in [-0.2, -0.15) is 0 Å². The van der Waals surface area contributed by atoms with E-state index in [1.54, 1.807) is 0 Å². The van der Waals surface area contributed by atoms with E-state index in [0.29, 0.717) is 24.2 Å². The molecule has 7 fully saturated rings. The van der Waals surface area contributed by atoms with Crippen LogP contribution in [0.4, 0.5) is 0 Å². The second-order valence-corrected chi connectivity index (χ2v) is 15.8. The van der Waals surface area contributed by atoms with E-state index >= 15 is 0 Å². The Bertz CT molecular complexity index is 1050. The van der Waals surface area contributed by atoms with Gasteiger partial charge in [0.15, 0.2) is 6.29 Å². The normalized spacial score (nSPS) is 61.2. The van der Waals surface area contributed by atoms with Crippen molar-refractivity contribution in [3.05, 3.63) is 0 Å². The predicted molar refractivity (Wildman–Crippen MR) is 140 cm³/mol. The lowest BCUT2D eigenvalue weighted by Gasteiger charge is -2.64. The molecule has 2 spiro atoms. The maximum atomic E-state index is 12.4. The van der Waals surface area contributed by atoms with Gasteiger partial charge in [-0.25, -0.2) is 0 Å². The molecule has 39 heavy (non-hydrogen) atoms. The Balaban J connectivity index is 1.17. The zero-order valence-corrected chi connectivity index (χ0v) is 24.1. The number of rotatable bonds is 2.